The monoisotopic (exact) mass is 390 g/mol. The van der Waals surface area contributed by atoms with E-state index in [-0.39, 0.29) is 23.7 Å². The number of nitrogens with zero attached hydrogens (tertiary/aromatic N) is 3. The summed E-state index contributed by atoms with van der Waals surface area (Å²) >= 11 is 0. The third-order valence-corrected chi connectivity index (χ3v) is 5.53. The molecule has 0 aliphatic heterocycles. The average Bonchev–Trinajstić information content (AvgIpc) is 3.40. The van der Waals surface area contributed by atoms with E-state index in [1.807, 2.05) is 55.5 Å². The Morgan fingerprint density at radius 2 is 1.83 bits per heavy atom. The van der Waals surface area contributed by atoms with Gasteiger partial charge in [0.2, 0.25) is 5.82 Å². The van der Waals surface area contributed by atoms with Gasteiger partial charge in [-0.15, -0.1) is 0 Å². The van der Waals surface area contributed by atoms with Gasteiger partial charge >= 0.3 is 0 Å². The molecule has 29 heavy (non-hydrogen) atoms. The molecule has 1 aliphatic carbocycles. The fourth-order valence-corrected chi connectivity index (χ4v) is 3.96. The SMILES string of the molecule is CCN(Cc1ccccc1)C(=O)c1nc(C(=O)NC2CCCC2)n2ccccc12. The highest BCUT2D eigenvalue weighted by molar-refractivity contribution is 6.02. The van der Waals surface area contributed by atoms with E-state index >= 15 is 0 Å². The van der Waals surface area contributed by atoms with Crippen molar-refractivity contribution < 1.29 is 9.59 Å². The molecule has 3 aromatic rings. The van der Waals surface area contributed by atoms with Crippen LogP contribution < -0.4 is 5.32 Å². The summed E-state index contributed by atoms with van der Waals surface area (Å²) in [5.41, 5.74) is 2.03. The minimum absolute atomic E-state index is 0.167. The lowest BCUT2D eigenvalue weighted by atomic mass is 10.2. The molecule has 0 saturated heterocycles. The van der Waals surface area contributed by atoms with Crippen molar-refractivity contribution in [3.05, 3.63) is 71.8 Å². The van der Waals surface area contributed by atoms with Crippen LogP contribution in [-0.2, 0) is 6.54 Å². The number of pyridine rings is 1. The predicted octanol–water partition coefficient (Wildman–Crippen LogP) is 3.67. The Kier molecular flexibility index (Phi) is 5.60. The molecule has 2 amide bonds. The Morgan fingerprint density at radius 3 is 2.55 bits per heavy atom. The van der Waals surface area contributed by atoms with Crippen LogP contribution >= 0.6 is 0 Å². The van der Waals surface area contributed by atoms with E-state index in [1.165, 1.54) is 0 Å². The van der Waals surface area contributed by atoms with Crippen LogP contribution in [0.1, 0.15) is 59.3 Å². The maximum Gasteiger partial charge on any atom is 0.287 e. The molecule has 0 radical (unpaired) electrons. The quantitative estimate of drug-likeness (QED) is 0.698. The van der Waals surface area contributed by atoms with Gasteiger partial charge < -0.3 is 10.2 Å². The van der Waals surface area contributed by atoms with Gasteiger partial charge in [-0.25, -0.2) is 4.98 Å². The zero-order valence-corrected chi connectivity index (χ0v) is 16.7. The minimum Gasteiger partial charge on any atom is -0.347 e. The molecule has 1 saturated carbocycles. The molecule has 6 nitrogen and oxygen atoms in total. The van der Waals surface area contributed by atoms with Crippen molar-refractivity contribution in [2.45, 2.75) is 45.2 Å². The average molecular weight is 390 g/mol. The van der Waals surface area contributed by atoms with Gasteiger partial charge in [0.25, 0.3) is 11.8 Å². The summed E-state index contributed by atoms with van der Waals surface area (Å²) in [7, 11) is 0. The number of nitrogens with one attached hydrogen (secondary N) is 1. The lowest BCUT2D eigenvalue weighted by Crippen LogP contribution is -2.34. The van der Waals surface area contributed by atoms with Crippen LogP contribution in [0.4, 0.5) is 0 Å². The number of amides is 2. The van der Waals surface area contributed by atoms with Gasteiger partial charge in [-0.1, -0.05) is 49.2 Å². The van der Waals surface area contributed by atoms with Gasteiger partial charge in [0.15, 0.2) is 5.69 Å². The van der Waals surface area contributed by atoms with Crippen molar-refractivity contribution in [1.82, 2.24) is 19.6 Å². The molecule has 2 aromatic heterocycles. The molecule has 1 N–H and O–H groups in total. The Bertz CT molecular complexity index is 1010. The van der Waals surface area contributed by atoms with Crippen molar-refractivity contribution in [3.8, 4) is 0 Å². The normalized spacial score (nSPS) is 14.2. The summed E-state index contributed by atoms with van der Waals surface area (Å²) in [6.07, 6.45) is 6.07. The fraction of sp³-hybridized carbons (Fsp3) is 0.348. The summed E-state index contributed by atoms with van der Waals surface area (Å²) < 4.78 is 1.72. The Balaban J connectivity index is 1.64. The van der Waals surface area contributed by atoms with Crippen LogP contribution in [0, 0.1) is 0 Å². The molecule has 0 spiro atoms. The molecule has 1 fully saturated rings. The summed E-state index contributed by atoms with van der Waals surface area (Å²) in [5.74, 6) is -0.116. The predicted molar refractivity (Wildman–Crippen MR) is 112 cm³/mol. The van der Waals surface area contributed by atoms with Gasteiger partial charge in [-0.2, -0.15) is 0 Å². The molecular formula is C23H26N4O2. The number of imidazole rings is 1. The standard InChI is InChI=1S/C23H26N4O2/c1-2-26(16-17-10-4-3-5-11-17)23(29)20-19-14-8-9-15-27(19)21(25-20)22(28)24-18-12-6-7-13-18/h3-5,8-11,14-15,18H,2,6-7,12-13,16H2,1H3,(H,24,28). The fourth-order valence-electron chi connectivity index (χ4n) is 3.96. The second-order valence-electron chi connectivity index (χ2n) is 7.50. The highest BCUT2D eigenvalue weighted by Crippen LogP contribution is 2.20. The van der Waals surface area contributed by atoms with Crippen LogP contribution in [0.15, 0.2) is 54.7 Å². The third-order valence-electron chi connectivity index (χ3n) is 5.53. The number of benzene rings is 1. The van der Waals surface area contributed by atoms with Crippen LogP contribution in [0.5, 0.6) is 0 Å². The summed E-state index contributed by atoms with van der Waals surface area (Å²) in [4.78, 5) is 32.4. The second-order valence-corrected chi connectivity index (χ2v) is 7.50. The van der Waals surface area contributed by atoms with Crippen LogP contribution in [0.25, 0.3) is 5.52 Å². The van der Waals surface area contributed by atoms with E-state index in [1.54, 1.807) is 15.5 Å². The number of hydrogen-bond acceptors (Lipinski definition) is 3. The number of carbonyl (C=O) groups is 2. The van der Waals surface area contributed by atoms with E-state index in [2.05, 4.69) is 10.3 Å². The number of aromatic nitrogens is 2. The first-order valence-corrected chi connectivity index (χ1v) is 10.3. The number of carbonyl (C=O) groups excluding carboxylic acids is 2. The van der Waals surface area contributed by atoms with E-state index in [0.717, 1.165) is 31.2 Å². The lowest BCUT2D eigenvalue weighted by Gasteiger charge is -2.20. The van der Waals surface area contributed by atoms with Crippen molar-refractivity contribution in [2.75, 3.05) is 6.54 Å². The van der Waals surface area contributed by atoms with Gasteiger partial charge in [0.05, 0.1) is 5.52 Å². The summed E-state index contributed by atoms with van der Waals surface area (Å²) in [6, 6.07) is 15.6. The zero-order chi connectivity index (χ0) is 20.2. The molecule has 1 aromatic carbocycles. The van der Waals surface area contributed by atoms with Crippen molar-refractivity contribution in [2.24, 2.45) is 0 Å². The molecule has 2 heterocycles. The minimum atomic E-state index is -0.219. The highest BCUT2D eigenvalue weighted by atomic mass is 16.2. The topological polar surface area (TPSA) is 66.7 Å². The number of hydrogen-bond donors (Lipinski definition) is 1. The molecule has 1 aliphatic rings. The first kappa shape index (κ1) is 19.2. The Hall–Kier alpha value is -3.15. The van der Waals surface area contributed by atoms with Crippen molar-refractivity contribution in [1.29, 1.82) is 0 Å². The first-order valence-electron chi connectivity index (χ1n) is 10.3. The van der Waals surface area contributed by atoms with Crippen LogP contribution in [-0.4, -0.2) is 38.7 Å². The molecule has 6 heteroatoms. The maximum absolute atomic E-state index is 13.3. The largest absolute Gasteiger partial charge is 0.347 e. The van der Waals surface area contributed by atoms with E-state index < -0.39 is 0 Å². The lowest BCUT2D eigenvalue weighted by molar-refractivity contribution is 0.0749. The highest BCUT2D eigenvalue weighted by Gasteiger charge is 2.26. The number of fused-ring (bicyclic) bond motifs is 1. The third kappa shape index (κ3) is 4.01. The van der Waals surface area contributed by atoms with Gasteiger partial charge in [0.1, 0.15) is 0 Å². The van der Waals surface area contributed by atoms with Gasteiger partial charge in [-0.05, 0) is 37.5 Å². The van der Waals surface area contributed by atoms with Crippen LogP contribution in [0.2, 0.25) is 0 Å². The molecule has 150 valence electrons. The molecule has 0 unspecified atom stereocenters. The van der Waals surface area contributed by atoms with E-state index in [4.69, 9.17) is 0 Å². The molecule has 0 atom stereocenters. The van der Waals surface area contributed by atoms with E-state index in [9.17, 15) is 9.59 Å². The Morgan fingerprint density at radius 1 is 1.10 bits per heavy atom. The first-order chi connectivity index (χ1) is 14.2. The Labute approximate surface area is 170 Å². The zero-order valence-electron chi connectivity index (χ0n) is 16.7. The number of rotatable bonds is 6. The van der Waals surface area contributed by atoms with E-state index in [0.29, 0.717) is 24.3 Å². The second kappa shape index (κ2) is 8.47. The van der Waals surface area contributed by atoms with Gasteiger partial charge in [-0.3, -0.25) is 14.0 Å². The summed E-state index contributed by atoms with van der Waals surface area (Å²) in [5, 5.41) is 3.08. The van der Waals surface area contributed by atoms with Crippen molar-refractivity contribution >= 4 is 17.3 Å². The molecule has 0 bridgehead atoms. The maximum atomic E-state index is 13.3. The smallest absolute Gasteiger partial charge is 0.287 e. The van der Waals surface area contributed by atoms with Crippen molar-refractivity contribution in [3.63, 3.8) is 0 Å². The summed E-state index contributed by atoms with van der Waals surface area (Å²) in [6.45, 7) is 3.02. The van der Waals surface area contributed by atoms with Gasteiger partial charge in [0, 0.05) is 25.3 Å². The molecular weight excluding hydrogens is 364 g/mol. The van der Waals surface area contributed by atoms with Crippen LogP contribution in [0.3, 0.4) is 0 Å². The molecule has 4 rings (SSSR count).